The van der Waals surface area contributed by atoms with E-state index in [4.69, 9.17) is 16.3 Å². The molecule has 0 aliphatic carbocycles. The van der Waals surface area contributed by atoms with Gasteiger partial charge in [0.2, 0.25) is 0 Å². The fourth-order valence-electron chi connectivity index (χ4n) is 2.51. The van der Waals surface area contributed by atoms with Crippen molar-refractivity contribution in [1.82, 2.24) is 9.38 Å². The number of aromatic nitrogens is 2. The molecule has 1 aromatic carbocycles. The first-order chi connectivity index (χ1) is 12.4. The Kier molecular flexibility index (Phi) is 5.19. The number of nitrogens with zero attached hydrogens (tertiary/aromatic N) is 2. The average molecular weight is 369 g/mol. The predicted molar refractivity (Wildman–Crippen MR) is 101 cm³/mol. The van der Waals surface area contributed by atoms with Crippen molar-refractivity contribution in [2.24, 2.45) is 0 Å². The zero-order chi connectivity index (χ0) is 18.7. The Morgan fingerprint density at radius 3 is 2.81 bits per heavy atom. The third kappa shape index (κ3) is 4.00. The summed E-state index contributed by atoms with van der Waals surface area (Å²) in [7, 11) is 0. The lowest BCUT2D eigenvalue weighted by molar-refractivity contribution is -0.139. The Morgan fingerprint density at radius 1 is 1.23 bits per heavy atom. The van der Waals surface area contributed by atoms with Gasteiger partial charge in [-0.25, -0.2) is 9.78 Å². The number of carbonyl (C=O) groups excluding carboxylic acids is 1. The lowest BCUT2D eigenvalue weighted by atomic mass is 10.1. The standard InChI is InChI=1S/C20H17ClN2O3/c1-13-6-7-15(10-17(13)21)8-9-20(25)26-12-16-11-19(24)23-14(2)4-3-5-18(23)22-16/h3-11H,12H2,1-2H3/b9-8+. The van der Waals surface area contributed by atoms with E-state index in [1.807, 2.05) is 38.1 Å². The Bertz CT molecular complexity index is 1070. The smallest absolute Gasteiger partial charge is 0.331 e. The van der Waals surface area contributed by atoms with E-state index in [2.05, 4.69) is 4.98 Å². The maximum Gasteiger partial charge on any atom is 0.331 e. The third-order valence-electron chi connectivity index (χ3n) is 3.90. The maximum atomic E-state index is 12.2. The second-order valence-electron chi connectivity index (χ2n) is 5.90. The SMILES string of the molecule is Cc1ccc(/C=C/C(=O)OCc2cc(=O)n3c(C)cccc3n2)cc1Cl. The van der Waals surface area contributed by atoms with Crippen molar-refractivity contribution < 1.29 is 9.53 Å². The molecule has 0 amide bonds. The number of hydrogen-bond acceptors (Lipinski definition) is 4. The molecule has 0 N–H and O–H groups in total. The molecular weight excluding hydrogens is 352 g/mol. The average Bonchev–Trinajstić information content (AvgIpc) is 2.61. The van der Waals surface area contributed by atoms with Crippen LogP contribution in [-0.2, 0) is 16.1 Å². The zero-order valence-corrected chi connectivity index (χ0v) is 15.2. The summed E-state index contributed by atoms with van der Waals surface area (Å²) in [4.78, 5) is 28.4. The first kappa shape index (κ1) is 17.9. The zero-order valence-electron chi connectivity index (χ0n) is 14.4. The maximum absolute atomic E-state index is 12.2. The largest absolute Gasteiger partial charge is 0.456 e. The number of halogens is 1. The van der Waals surface area contributed by atoms with E-state index in [1.165, 1.54) is 16.5 Å². The normalized spacial score (nSPS) is 11.2. The highest BCUT2D eigenvalue weighted by Crippen LogP contribution is 2.17. The minimum atomic E-state index is -0.520. The second kappa shape index (κ2) is 7.54. The highest BCUT2D eigenvalue weighted by atomic mass is 35.5. The minimum Gasteiger partial charge on any atom is -0.456 e. The molecular formula is C20H17ClN2O3. The monoisotopic (exact) mass is 368 g/mol. The van der Waals surface area contributed by atoms with Crippen molar-refractivity contribution >= 4 is 29.3 Å². The molecule has 0 saturated heterocycles. The van der Waals surface area contributed by atoms with Crippen LogP contribution >= 0.6 is 11.6 Å². The van der Waals surface area contributed by atoms with Crippen molar-refractivity contribution in [2.75, 3.05) is 0 Å². The van der Waals surface area contributed by atoms with Gasteiger partial charge in [-0.05, 0) is 49.2 Å². The molecule has 26 heavy (non-hydrogen) atoms. The van der Waals surface area contributed by atoms with Gasteiger partial charge >= 0.3 is 5.97 Å². The van der Waals surface area contributed by atoms with Gasteiger partial charge in [0.05, 0.1) is 5.69 Å². The highest BCUT2D eigenvalue weighted by molar-refractivity contribution is 6.31. The number of rotatable bonds is 4. The van der Waals surface area contributed by atoms with E-state index < -0.39 is 5.97 Å². The molecule has 0 unspecified atom stereocenters. The number of carbonyl (C=O) groups is 1. The number of benzene rings is 1. The Labute approximate surface area is 155 Å². The van der Waals surface area contributed by atoms with Gasteiger partial charge in [0, 0.05) is 22.9 Å². The molecule has 0 bridgehead atoms. The van der Waals surface area contributed by atoms with Crippen molar-refractivity contribution in [1.29, 1.82) is 0 Å². The summed E-state index contributed by atoms with van der Waals surface area (Å²) in [6.45, 7) is 3.67. The number of esters is 1. The fraction of sp³-hybridized carbons (Fsp3) is 0.150. The van der Waals surface area contributed by atoms with Crippen LogP contribution < -0.4 is 5.56 Å². The van der Waals surface area contributed by atoms with Gasteiger partial charge in [0.15, 0.2) is 0 Å². The molecule has 0 aliphatic heterocycles. The van der Waals surface area contributed by atoms with Gasteiger partial charge in [0.25, 0.3) is 5.56 Å². The molecule has 5 nitrogen and oxygen atoms in total. The van der Waals surface area contributed by atoms with E-state index in [0.717, 1.165) is 16.8 Å². The summed E-state index contributed by atoms with van der Waals surface area (Å²) in [5.41, 5.74) is 3.28. The summed E-state index contributed by atoms with van der Waals surface area (Å²) in [5, 5.41) is 0.636. The van der Waals surface area contributed by atoms with E-state index in [1.54, 1.807) is 18.2 Å². The summed E-state index contributed by atoms with van der Waals surface area (Å²) in [5.74, 6) is -0.520. The molecule has 3 rings (SSSR count). The van der Waals surface area contributed by atoms with Gasteiger partial charge in [-0.15, -0.1) is 0 Å². The molecule has 2 heterocycles. The summed E-state index contributed by atoms with van der Waals surface area (Å²) in [6, 6.07) is 12.3. The number of aryl methyl sites for hydroxylation is 2. The third-order valence-corrected chi connectivity index (χ3v) is 4.31. The Balaban J connectivity index is 1.69. The van der Waals surface area contributed by atoms with Crippen LogP contribution in [0, 0.1) is 13.8 Å². The molecule has 6 heteroatoms. The van der Waals surface area contributed by atoms with E-state index in [-0.39, 0.29) is 12.2 Å². The summed E-state index contributed by atoms with van der Waals surface area (Å²) in [6.07, 6.45) is 2.94. The molecule has 0 atom stereocenters. The van der Waals surface area contributed by atoms with E-state index >= 15 is 0 Å². The number of ether oxygens (including phenoxy) is 1. The minimum absolute atomic E-state index is 0.0719. The number of hydrogen-bond donors (Lipinski definition) is 0. The fourth-order valence-corrected chi connectivity index (χ4v) is 2.70. The quantitative estimate of drug-likeness (QED) is 0.520. The van der Waals surface area contributed by atoms with Gasteiger partial charge in [-0.2, -0.15) is 0 Å². The van der Waals surface area contributed by atoms with Gasteiger partial charge in [-0.3, -0.25) is 9.20 Å². The van der Waals surface area contributed by atoms with Crippen LogP contribution in [0.15, 0.2) is 53.3 Å². The van der Waals surface area contributed by atoms with Crippen LogP contribution in [0.25, 0.3) is 11.7 Å². The van der Waals surface area contributed by atoms with Crippen LogP contribution in [0.2, 0.25) is 5.02 Å². The first-order valence-corrected chi connectivity index (χ1v) is 8.41. The molecule has 132 valence electrons. The molecule has 3 aromatic rings. The van der Waals surface area contributed by atoms with Crippen LogP contribution in [0.5, 0.6) is 0 Å². The first-order valence-electron chi connectivity index (χ1n) is 8.03. The van der Waals surface area contributed by atoms with Crippen molar-refractivity contribution in [3.05, 3.63) is 86.4 Å². The van der Waals surface area contributed by atoms with Crippen LogP contribution in [0.3, 0.4) is 0 Å². The van der Waals surface area contributed by atoms with Crippen LogP contribution in [0.1, 0.15) is 22.5 Å². The van der Waals surface area contributed by atoms with E-state index in [0.29, 0.717) is 16.4 Å². The van der Waals surface area contributed by atoms with Gasteiger partial charge in [0.1, 0.15) is 12.3 Å². The van der Waals surface area contributed by atoms with Crippen molar-refractivity contribution in [2.45, 2.75) is 20.5 Å². The van der Waals surface area contributed by atoms with Gasteiger partial charge < -0.3 is 4.74 Å². The summed E-state index contributed by atoms with van der Waals surface area (Å²) < 4.78 is 6.67. The molecule has 0 fully saturated rings. The molecule has 0 saturated carbocycles. The Hall–Kier alpha value is -2.92. The lowest BCUT2D eigenvalue weighted by Gasteiger charge is -2.06. The van der Waals surface area contributed by atoms with Gasteiger partial charge in [-0.1, -0.05) is 29.8 Å². The molecule has 0 aliphatic rings. The number of pyridine rings is 1. The molecule has 0 spiro atoms. The lowest BCUT2D eigenvalue weighted by Crippen LogP contribution is -2.18. The second-order valence-corrected chi connectivity index (χ2v) is 6.30. The van der Waals surface area contributed by atoms with E-state index in [9.17, 15) is 9.59 Å². The van der Waals surface area contributed by atoms with Crippen molar-refractivity contribution in [3.63, 3.8) is 0 Å². The van der Waals surface area contributed by atoms with Crippen molar-refractivity contribution in [3.8, 4) is 0 Å². The molecule has 0 radical (unpaired) electrons. The van der Waals surface area contributed by atoms with Crippen LogP contribution in [0.4, 0.5) is 0 Å². The number of fused-ring (bicyclic) bond motifs is 1. The highest BCUT2D eigenvalue weighted by Gasteiger charge is 2.06. The Morgan fingerprint density at radius 2 is 2.04 bits per heavy atom. The summed E-state index contributed by atoms with van der Waals surface area (Å²) >= 11 is 6.05. The molecule has 2 aromatic heterocycles. The predicted octanol–water partition coefficient (Wildman–Crippen LogP) is 3.72. The topological polar surface area (TPSA) is 60.7 Å². The van der Waals surface area contributed by atoms with Crippen LogP contribution in [-0.4, -0.2) is 15.4 Å².